The maximum Gasteiger partial charge on any atom is 0.408 e. The highest BCUT2D eigenvalue weighted by Crippen LogP contribution is 2.72. The number of ketones is 1. The molecule has 0 radical (unpaired) electrons. The topological polar surface area (TPSA) is 331 Å². The Balaban J connectivity index is 0.651. The summed E-state index contributed by atoms with van der Waals surface area (Å²) in [6.07, 6.45) is 10.0. The van der Waals surface area contributed by atoms with Crippen LogP contribution in [0, 0.1) is 35.0 Å². The van der Waals surface area contributed by atoms with Gasteiger partial charge in [0.1, 0.15) is 18.5 Å². The number of carboxylic acids is 2. The minimum Gasteiger partial charge on any atom is -0.481 e. The standard InChI is InChI=1S/C74H87N11O14S/c1-44(2)63(80-59(87)18-9-8-12-28-84-60(88)25-26-61(84)89)56(86)32-45(3)65(92)76-49-21-19-47(20-22-49)36-98-70(97)78-55(33-62(90)91)67(94)82(7)30-31-99-74-40-71(5)37-72(6,41-74)39-73(38-71,42-74)43-85-46(4)52(34-75-85)50-23-24-58(79-64(50)68(95)96)83-29-27-48-14-13-15-51(53(48)35-83)66(93)81-69-77-54-16-10-11-17-57(54)100-69/h10-11,13-17,19-26,34,44-45,55,63H,8-9,12,18,27-33,35-43H2,1-7H3,(H,76,92)(H,78,97)(H,80,87)(H,90,91)(H,95,96)(H,77,81,93)/t45-,55+,63+,71?,72?,73?,74?/m1/s1. The Morgan fingerprint density at radius 2 is 1.51 bits per heavy atom. The van der Waals surface area contributed by atoms with E-state index >= 15 is 0 Å². The first-order valence-corrected chi connectivity index (χ1v) is 35.0. The third-order valence-electron chi connectivity index (χ3n) is 20.2. The van der Waals surface area contributed by atoms with Crippen molar-refractivity contribution in [1.82, 2.24) is 40.2 Å². The molecule has 6 aromatic rings. The van der Waals surface area contributed by atoms with Crippen molar-refractivity contribution in [2.45, 2.75) is 162 Å². The number of nitrogens with zero attached hydrogens (tertiary/aromatic N) is 7. The number of ether oxygens (including phenoxy) is 2. The highest BCUT2D eigenvalue weighted by molar-refractivity contribution is 7.22. The molecule has 0 spiro atoms. The normalized spacial score (nSPS) is 21.4. The van der Waals surface area contributed by atoms with Crippen LogP contribution in [0.15, 0.2) is 97.2 Å². The molecule has 4 bridgehead atoms. The second kappa shape index (κ2) is 29.6. The molecule has 2 aliphatic heterocycles. The Kier molecular flexibility index (Phi) is 21.2. The van der Waals surface area contributed by atoms with Crippen molar-refractivity contribution in [3.05, 3.63) is 131 Å². The molecule has 4 fully saturated rings. The molecular formula is C74H87N11O14S. The number of fused-ring (bicyclic) bond motifs is 2. The number of amides is 7. The summed E-state index contributed by atoms with van der Waals surface area (Å²) in [5, 5.41) is 37.0. The van der Waals surface area contributed by atoms with Gasteiger partial charge < -0.3 is 45.4 Å². The number of thiazole rings is 1. The molecule has 100 heavy (non-hydrogen) atoms. The number of aromatic carboxylic acids is 1. The number of benzene rings is 3. The summed E-state index contributed by atoms with van der Waals surface area (Å²) >= 11 is 1.41. The molecule has 5 heterocycles. The van der Waals surface area contributed by atoms with Gasteiger partial charge in [0, 0.05) is 98.8 Å². The van der Waals surface area contributed by atoms with E-state index < -0.39 is 59.9 Å². The Morgan fingerprint density at radius 1 is 0.780 bits per heavy atom. The molecule has 3 aromatic heterocycles. The van der Waals surface area contributed by atoms with Gasteiger partial charge in [-0.3, -0.25) is 53.3 Å². The number of imide groups is 1. The van der Waals surface area contributed by atoms with Crippen LogP contribution in [0.2, 0.25) is 0 Å². The third kappa shape index (κ3) is 16.4. The molecule has 0 saturated heterocycles. The van der Waals surface area contributed by atoms with Gasteiger partial charge in [0.15, 0.2) is 16.6 Å². The van der Waals surface area contributed by atoms with Gasteiger partial charge in [-0.05, 0) is 146 Å². The second-order valence-electron chi connectivity index (χ2n) is 29.1. The number of likely N-dealkylation sites (N-methyl/N-ethyl adjacent to an activating group) is 1. The van der Waals surface area contributed by atoms with Crippen molar-refractivity contribution >= 4 is 97.4 Å². The Morgan fingerprint density at radius 3 is 2.21 bits per heavy atom. The molecule has 528 valence electrons. The molecule has 12 rings (SSSR count). The number of pyridine rings is 1. The number of nitrogens with one attached hydrogen (secondary N) is 4. The molecule has 5 atom stereocenters. The van der Waals surface area contributed by atoms with Gasteiger partial charge in [-0.1, -0.05) is 88.8 Å². The lowest BCUT2D eigenvalue weighted by Gasteiger charge is -2.69. The number of para-hydroxylation sites is 1. The molecule has 26 heteroatoms. The lowest BCUT2D eigenvalue weighted by molar-refractivity contribution is -0.248. The van der Waals surface area contributed by atoms with E-state index in [1.165, 1.54) is 35.4 Å². The quantitative estimate of drug-likeness (QED) is 0.0180. The second-order valence-corrected chi connectivity index (χ2v) is 30.1. The number of aromatic nitrogens is 4. The minimum absolute atomic E-state index is 0.0637. The van der Waals surface area contributed by atoms with Gasteiger partial charge >= 0.3 is 18.0 Å². The largest absolute Gasteiger partial charge is 0.481 e. The molecule has 25 nitrogen and oxygen atoms in total. The number of hydrogen-bond donors (Lipinski definition) is 6. The fraction of sp³-hybridized carbons (Fsp3) is 0.473. The minimum atomic E-state index is -1.46. The Hall–Kier alpha value is -9.69. The van der Waals surface area contributed by atoms with Crippen molar-refractivity contribution in [2.24, 2.45) is 28.1 Å². The van der Waals surface area contributed by atoms with E-state index in [0.717, 1.165) is 70.5 Å². The first-order valence-electron chi connectivity index (χ1n) is 34.2. The third-order valence-corrected chi connectivity index (χ3v) is 21.2. The van der Waals surface area contributed by atoms with Crippen LogP contribution in [0.3, 0.4) is 0 Å². The molecule has 6 N–H and O–H groups in total. The van der Waals surface area contributed by atoms with E-state index in [1.54, 1.807) is 63.4 Å². The summed E-state index contributed by atoms with van der Waals surface area (Å²) in [6.45, 7) is 13.6. The van der Waals surface area contributed by atoms with E-state index in [-0.39, 0.29) is 96.4 Å². The van der Waals surface area contributed by atoms with Gasteiger partial charge in [-0.15, -0.1) is 0 Å². The number of alkyl carbamates (subject to hydrolysis) is 1. The van der Waals surface area contributed by atoms with Crippen LogP contribution in [-0.2, 0) is 69.2 Å². The summed E-state index contributed by atoms with van der Waals surface area (Å²) in [4.78, 5) is 143. The highest BCUT2D eigenvalue weighted by atomic mass is 32.1. The first-order chi connectivity index (χ1) is 47.6. The van der Waals surface area contributed by atoms with Crippen LogP contribution in [0.1, 0.15) is 155 Å². The number of carbonyl (C=O) groups excluding carboxylic acids is 8. The lowest BCUT2D eigenvalue weighted by atomic mass is 9.39. The number of carboxylic acid groups (broad SMARTS) is 2. The zero-order valence-corrected chi connectivity index (χ0v) is 58.3. The highest BCUT2D eigenvalue weighted by Gasteiger charge is 2.66. The molecule has 2 unspecified atom stereocenters. The van der Waals surface area contributed by atoms with Crippen molar-refractivity contribution in [2.75, 3.05) is 48.8 Å². The summed E-state index contributed by atoms with van der Waals surface area (Å²) in [7, 11) is 1.53. The predicted molar refractivity (Wildman–Crippen MR) is 373 cm³/mol. The fourth-order valence-electron chi connectivity index (χ4n) is 16.6. The van der Waals surface area contributed by atoms with E-state index in [9.17, 15) is 58.2 Å². The number of aliphatic carboxylic acids is 1. The number of hydrogen-bond acceptors (Lipinski definition) is 17. The van der Waals surface area contributed by atoms with Crippen LogP contribution in [0.5, 0.6) is 0 Å². The molecule has 4 saturated carbocycles. The maximum absolute atomic E-state index is 13.9. The average Bonchev–Trinajstić information content (AvgIpc) is 0.723. The average molecular weight is 1390 g/mol. The van der Waals surface area contributed by atoms with E-state index in [2.05, 4.69) is 40.1 Å². The van der Waals surface area contributed by atoms with Crippen molar-refractivity contribution < 1.29 is 67.6 Å². The van der Waals surface area contributed by atoms with E-state index in [1.807, 2.05) is 59.0 Å². The summed E-state index contributed by atoms with van der Waals surface area (Å²) in [5.74, 6) is -5.66. The molecule has 6 aliphatic rings. The summed E-state index contributed by atoms with van der Waals surface area (Å²) in [6, 6.07) is 21.2. The molecule has 4 aliphatic carbocycles. The van der Waals surface area contributed by atoms with E-state index in [0.29, 0.717) is 84.2 Å². The number of carbonyl (C=O) groups is 10. The van der Waals surface area contributed by atoms with Crippen LogP contribution >= 0.6 is 11.3 Å². The zero-order valence-electron chi connectivity index (χ0n) is 57.5. The van der Waals surface area contributed by atoms with Gasteiger partial charge in [0.25, 0.3) is 17.7 Å². The van der Waals surface area contributed by atoms with Gasteiger partial charge in [0.2, 0.25) is 17.7 Å². The number of anilines is 3. The summed E-state index contributed by atoms with van der Waals surface area (Å²) < 4.78 is 15.4. The van der Waals surface area contributed by atoms with Crippen molar-refractivity contribution in [3.8, 4) is 11.1 Å². The van der Waals surface area contributed by atoms with Crippen LogP contribution in [0.4, 0.5) is 21.4 Å². The molecular weight excluding hydrogens is 1300 g/mol. The van der Waals surface area contributed by atoms with Gasteiger partial charge in [-0.2, -0.15) is 5.10 Å². The number of rotatable bonds is 30. The number of unbranched alkanes of at least 4 members (excludes halogenated alkanes) is 2. The summed E-state index contributed by atoms with van der Waals surface area (Å²) in [5.41, 5.74) is 5.04. The molecule has 3 aromatic carbocycles. The van der Waals surface area contributed by atoms with Gasteiger partial charge in [-0.25, -0.2) is 19.6 Å². The Bertz CT molecular complexity index is 4150. The van der Waals surface area contributed by atoms with Crippen LogP contribution in [0.25, 0.3) is 21.3 Å². The SMILES string of the molecule is Cc1c(-c2ccc(N3CCc4cccc(C(=O)Nc5nc6ccccc6s5)c4C3)nc2C(=O)O)cnn1CC12CC3(C)CC(C)(C1)CC(OCCN(C)C(=O)[C@H](CC(=O)O)NC(=O)OCc1ccc(NC(=O)[C@H](C)CC(=O)[C@@H](NC(=O)CCCCCN4C(=O)C=CC4=O)C(C)C)cc1)(C3)C2. The van der Waals surface area contributed by atoms with Crippen LogP contribution in [-0.4, -0.2) is 150 Å². The molecule has 7 amide bonds. The van der Waals surface area contributed by atoms with Gasteiger partial charge in [0.05, 0.1) is 41.1 Å². The van der Waals surface area contributed by atoms with Crippen molar-refractivity contribution in [1.29, 1.82) is 0 Å². The monoisotopic (exact) mass is 1390 g/mol. The lowest BCUT2D eigenvalue weighted by Crippen LogP contribution is -2.64. The van der Waals surface area contributed by atoms with Crippen molar-refractivity contribution in [3.63, 3.8) is 0 Å². The number of Topliss-reactive ketones (excluding diaryl/α,β-unsaturated/α-hetero) is 1. The van der Waals surface area contributed by atoms with Crippen LogP contribution < -0.4 is 26.2 Å². The zero-order chi connectivity index (χ0) is 71.4. The predicted octanol–water partition coefficient (Wildman–Crippen LogP) is 9.90. The first kappa shape index (κ1) is 71.6. The Labute approximate surface area is 583 Å². The fourth-order valence-corrected chi connectivity index (χ4v) is 17.5. The smallest absolute Gasteiger partial charge is 0.408 e. The van der Waals surface area contributed by atoms with E-state index in [4.69, 9.17) is 19.6 Å². The maximum atomic E-state index is 13.9.